The molecule has 1 unspecified atom stereocenters. The molecule has 20 heavy (non-hydrogen) atoms. The number of carbonyl (C=O) groups is 1. The quantitative estimate of drug-likeness (QED) is 0.859. The average molecular weight is 273 g/mol. The number of rotatable bonds is 4. The van der Waals surface area contributed by atoms with Gasteiger partial charge in [0.15, 0.2) is 0 Å². The molecule has 0 spiro atoms. The lowest BCUT2D eigenvalue weighted by molar-refractivity contribution is 0.0600. The Morgan fingerprint density at radius 2 is 2.00 bits per heavy atom. The van der Waals surface area contributed by atoms with Crippen LogP contribution in [0.1, 0.15) is 40.4 Å². The van der Waals surface area contributed by atoms with Gasteiger partial charge in [-0.3, -0.25) is 0 Å². The molecular weight excluding hydrogens is 254 g/mol. The minimum Gasteiger partial charge on any atom is -0.465 e. The van der Waals surface area contributed by atoms with Gasteiger partial charge in [-0.15, -0.1) is 0 Å². The lowest BCUT2D eigenvalue weighted by Gasteiger charge is -2.15. The van der Waals surface area contributed by atoms with E-state index in [-0.39, 0.29) is 12.0 Å². The molecule has 1 aromatic heterocycles. The first kappa shape index (κ1) is 14.2. The fraction of sp³-hybridized carbons (Fsp3) is 0.312. The highest BCUT2D eigenvalue weighted by Crippen LogP contribution is 2.24. The highest BCUT2D eigenvalue weighted by Gasteiger charge is 2.12. The second-order valence-electron chi connectivity index (χ2n) is 4.84. The summed E-state index contributed by atoms with van der Waals surface area (Å²) >= 11 is 0. The van der Waals surface area contributed by atoms with Crippen molar-refractivity contribution in [3.8, 4) is 0 Å². The zero-order valence-electron chi connectivity index (χ0n) is 12.2. The summed E-state index contributed by atoms with van der Waals surface area (Å²) in [5.41, 5.74) is 2.51. The van der Waals surface area contributed by atoms with Crippen molar-refractivity contribution in [3.63, 3.8) is 0 Å². The van der Waals surface area contributed by atoms with Crippen LogP contribution >= 0.6 is 0 Å². The Morgan fingerprint density at radius 3 is 2.55 bits per heavy atom. The summed E-state index contributed by atoms with van der Waals surface area (Å²) in [6, 6.07) is 9.42. The van der Waals surface area contributed by atoms with Crippen LogP contribution in [0.2, 0.25) is 0 Å². The molecule has 0 radical (unpaired) electrons. The lowest BCUT2D eigenvalue weighted by atomic mass is 10.1. The van der Waals surface area contributed by atoms with Crippen LogP contribution in [0.4, 0.5) is 5.69 Å². The van der Waals surface area contributed by atoms with Gasteiger partial charge in [-0.05, 0) is 56.7 Å². The third-order valence-corrected chi connectivity index (χ3v) is 3.21. The van der Waals surface area contributed by atoms with Gasteiger partial charge in [-0.25, -0.2) is 4.79 Å². The van der Waals surface area contributed by atoms with Gasteiger partial charge in [0.25, 0.3) is 0 Å². The number of ether oxygens (including phenoxy) is 1. The van der Waals surface area contributed by atoms with Gasteiger partial charge in [0.05, 0.1) is 18.7 Å². The van der Waals surface area contributed by atoms with E-state index in [1.54, 1.807) is 6.07 Å². The summed E-state index contributed by atoms with van der Waals surface area (Å²) in [6.07, 6.45) is 0. The molecule has 106 valence electrons. The van der Waals surface area contributed by atoms with Crippen LogP contribution in [0.5, 0.6) is 0 Å². The fourth-order valence-corrected chi connectivity index (χ4v) is 2.06. The number of esters is 1. The minimum absolute atomic E-state index is 0.0615. The van der Waals surface area contributed by atoms with Crippen molar-refractivity contribution in [1.82, 2.24) is 0 Å². The number of furan rings is 1. The van der Waals surface area contributed by atoms with E-state index in [2.05, 4.69) is 5.32 Å². The predicted molar refractivity (Wildman–Crippen MR) is 78.0 cm³/mol. The van der Waals surface area contributed by atoms with Gasteiger partial charge in [0, 0.05) is 5.69 Å². The fourth-order valence-electron chi connectivity index (χ4n) is 2.06. The second-order valence-corrected chi connectivity index (χ2v) is 4.84. The number of methoxy groups -OCH3 is 1. The highest BCUT2D eigenvalue weighted by molar-refractivity contribution is 5.90. The molecule has 4 heteroatoms. The number of benzene rings is 1. The Labute approximate surface area is 118 Å². The minimum atomic E-state index is -0.325. The number of nitrogens with one attached hydrogen (secondary N) is 1. The van der Waals surface area contributed by atoms with Crippen LogP contribution in [0.25, 0.3) is 0 Å². The molecule has 0 amide bonds. The molecule has 2 aromatic rings. The first-order valence-electron chi connectivity index (χ1n) is 6.53. The Kier molecular flexibility index (Phi) is 4.13. The molecule has 4 nitrogen and oxygen atoms in total. The van der Waals surface area contributed by atoms with E-state index >= 15 is 0 Å². The largest absolute Gasteiger partial charge is 0.465 e. The van der Waals surface area contributed by atoms with Gasteiger partial charge in [0.2, 0.25) is 0 Å². The molecule has 1 atom stereocenters. The molecule has 0 fully saturated rings. The maximum absolute atomic E-state index is 11.5. The van der Waals surface area contributed by atoms with Gasteiger partial charge < -0.3 is 14.5 Å². The molecule has 0 saturated heterocycles. The summed E-state index contributed by atoms with van der Waals surface area (Å²) in [5.74, 6) is 1.46. The van der Waals surface area contributed by atoms with Crippen molar-refractivity contribution in [1.29, 1.82) is 0 Å². The van der Waals surface area contributed by atoms with Crippen molar-refractivity contribution in [2.75, 3.05) is 12.4 Å². The summed E-state index contributed by atoms with van der Waals surface area (Å²) in [5, 5.41) is 3.38. The molecule has 1 heterocycles. The first-order chi connectivity index (χ1) is 9.51. The zero-order valence-corrected chi connectivity index (χ0v) is 12.2. The number of carbonyl (C=O) groups excluding carboxylic acids is 1. The molecule has 0 bridgehead atoms. The van der Waals surface area contributed by atoms with E-state index in [1.807, 2.05) is 45.0 Å². The van der Waals surface area contributed by atoms with E-state index in [4.69, 9.17) is 9.15 Å². The normalized spacial score (nSPS) is 12.0. The van der Waals surface area contributed by atoms with Crippen molar-refractivity contribution >= 4 is 11.7 Å². The lowest BCUT2D eigenvalue weighted by Crippen LogP contribution is -2.08. The summed E-state index contributed by atoms with van der Waals surface area (Å²) < 4.78 is 10.3. The molecule has 0 aliphatic heterocycles. The zero-order chi connectivity index (χ0) is 14.7. The van der Waals surface area contributed by atoms with Crippen molar-refractivity contribution in [2.24, 2.45) is 0 Å². The number of hydrogen-bond acceptors (Lipinski definition) is 4. The average Bonchev–Trinajstić information content (AvgIpc) is 2.86. The summed E-state index contributed by atoms with van der Waals surface area (Å²) in [4.78, 5) is 11.5. The van der Waals surface area contributed by atoms with Crippen LogP contribution < -0.4 is 5.32 Å². The van der Waals surface area contributed by atoms with Crippen LogP contribution in [-0.2, 0) is 4.74 Å². The van der Waals surface area contributed by atoms with E-state index in [0.29, 0.717) is 5.56 Å². The number of hydrogen-bond donors (Lipinski definition) is 1. The van der Waals surface area contributed by atoms with Gasteiger partial charge in [-0.2, -0.15) is 0 Å². The molecule has 1 aromatic carbocycles. The van der Waals surface area contributed by atoms with E-state index in [1.165, 1.54) is 7.11 Å². The second kappa shape index (κ2) is 5.82. The summed E-state index contributed by atoms with van der Waals surface area (Å²) in [6.45, 7) is 5.91. The highest BCUT2D eigenvalue weighted by atomic mass is 16.5. The van der Waals surface area contributed by atoms with Gasteiger partial charge in [-0.1, -0.05) is 0 Å². The first-order valence-corrected chi connectivity index (χ1v) is 6.53. The Balaban J connectivity index is 2.15. The van der Waals surface area contributed by atoms with E-state index in [0.717, 1.165) is 22.8 Å². The maximum Gasteiger partial charge on any atom is 0.337 e. The van der Waals surface area contributed by atoms with Crippen LogP contribution in [0, 0.1) is 13.8 Å². The van der Waals surface area contributed by atoms with Crippen LogP contribution in [-0.4, -0.2) is 13.1 Å². The van der Waals surface area contributed by atoms with E-state index in [9.17, 15) is 4.79 Å². The van der Waals surface area contributed by atoms with Crippen molar-refractivity contribution in [2.45, 2.75) is 26.8 Å². The standard InChI is InChI=1S/C16H19NO3/c1-10-9-13(16(18)19-4)6-7-14(10)17-12(3)15-8-5-11(2)20-15/h5-9,12,17H,1-4H3. The maximum atomic E-state index is 11.5. The molecular formula is C16H19NO3. The monoisotopic (exact) mass is 273 g/mol. The number of anilines is 1. The smallest absolute Gasteiger partial charge is 0.337 e. The van der Waals surface area contributed by atoms with Crippen LogP contribution in [0.15, 0.2) is 34.7 Å². The predicted octanol–water partition coefficient (Wildman–Crippen LogP) is 3.86. The Bertz CT molecular complexity index is 616. The van der Waals surface area contributed by atoms with Crippen LogP contribution in [0.3, 0.4) is 0 Å². The van der Waals surface area contributed by atoms with Crippen molar-refractivity contribution in [3.05, 3.63) is 53.0 Å². The molecule has 0 saturated carbocycles. The third kappa shape index (κ3) is 3.02. The summed E-state index contributed by atoms with van der Waals surface area (Å²) in [7, 11) is 1.38. The van der Waals surface area contributed by atoms with Gasteiger partial charge >= 0.3 is 5.97 Å². The van der Waals surface area contributed by atoms with Gasteiger partial charge in [0.1, 0.15) is 11.5 Å². The molecule has 0 aliphatic rings. The Morgan fingerprint density at radius 1 is 1.25 bits per heavy atom. The molecule has 0 aliphatic carbocycles. The molecule has 1 N–H and O–H groups in total. The Hall–Kier alpha value is -2.23. The number of aryl methyl sites for hydroxylation is 2. The SMILES string of the molecule is COC(=O)c1ccc(NC(C)c2ccc(C)o2)c(C)c1. The third-order valence-electron chi connectivity index (χ3n) is 3.21. The molecule has 2 rings (SSSR count). The topological polar surface area (TPSA) is 51.5 Å². The van der Waals surface area contributed by atoms with Crippen molar-refractivity contribution < 1.29 is 13.9 Å². The van der Waals surface area contributed by atoms with E-state index < -0.39 is 0 Å².